The molecule has 226 valence electrons. The minimum absolute atomic E-state index is 0.393. The summed E-state index contributed by atoms with van der Waals surface area (Å²) in [6, 6.07) is 7.92. The molecule has 4 heterocycles. The topological polar surface area (TPSA) is 120 Å². The van der Waals surface area contributed by atoms with Crippen molar-refractivity contribution >= 4 is 52.9 Å². The Morgan fingerprint density at radius 3 is 2.60 bits per heavy atom. The predicted octanol–water partition coefficient (Wildman–Crippen LogP) is 5.35. The van der Waals surface area contributed by atoms with E-state index in [0.717, 1.165) is 48.7 Å². The molecule has 0 radical (unpaired) electrons. The average molecular weight is 670 g/mol. The number of piperazine rings is 1. The Kier molecular flexibility index (Phi) is 8.73. The highest BCUT2D eigenvalue weighted by molar-refractivity contribution is 9.10. The molecule has 2 aliphatic rings. The van der Waals surface area contributed by atoms with Crippen LogP contribution >= 0.6 is 24.1 Å². The number of fused-ring (bicyclic) bond motifs is 1. The summed E-state index contributed by atoms with van der Waals surface area (Å²) in [5.41, 5.74) is 4.59. The van der Waals surface area contributed by atoms with Gasteiger partial charge in [-0.15, -0.1) is 0 Å². The number of nitrogens with one attached hydrogen (secondary N) is 3. The van der Waals surface area contributed by atoms with Crippen molar-refractivity contribution in [3.8, 4) is 34.1 Å². The van der Waals surface area contributed by atoms with Gasteiger partial charge in [0.25, 0.3) is 0 Å². The van der Waals surface area contributed by atoms with Crippen molar-refractivity contribution in [3.05, 3.63) is 47.3 Å². The molecular weight excluding hydrogens is 635 g/mol. The standard InChI is InChI=1S/C29H34BrN8O4P/c1-37-17-18(15-33-37)19-13-22(25(39-2)14-23(19)38-9-7-31-8-10-38)35-29-32-16-20(30)28(36-29)34-21-5-6-24-27(41-12-11-40-24)26(21)42-43(3)4/h5-6,13-17,31H,7-12H2,1-4H3,(H2,32,34,35,36). The summed E-state index contributed by atoms with van der Waals surface area (Å²) in [7, 11) is 2.86. The third-order valence-corrected chi connectivity index (χ3v) is 8.10. The highest BCUT2D eigenvalue weighted by Gasteiger charge is 2.24. The molecule has 1 saturated heterocycles. The van der Waals surface area contributed by atoms with E-state index >= 15 is 0 Å². The molecule has 1 fully saturated rings. The molecule has 12 nitrogen and oxygen atoms in total. The first-order valence-corrected chi connectivity index (χ1v) is 16.9. The Morgan fingerprint density at radius 2 is 1.86 bits per heavy atom. The van der Waals surface area contributed by atoms with Gasteiger partial charge in [-0.1, -0.05) is 0 Å². The van der Waals surface area contributed by atoms with Gasteiger partial charge in [-0.05, 0) is 47.5 Å². The van der Waals surface area contributed by atoms with Crippen molar-refractivity contribution in [1.82, 2.24) is 25.1 Å². The van der Waals surface area contributed by atoms with Gasteiger partial charge in [0.1, 0.15) is 24.8 Å². The monoisotopic (exact) mass is 668 g/mol. The molecule has 2 aromatic carbocycles. The Balaban J connectivity index is 1.34. The van der Waals surface area contributed by atoms with Crippen molar-refractivity contribution in [2.75, 3.05) is 75.4 Å². The van der Waals surface area contributed by atoms with Crippen molar-refractivity contribution < 1.29 is 18.7 Å². The fourth-order valence-corrected chi connectivity index (χ4v) is 5.86. The minimum Gasteiger partial charge on any atom is -0.494 e. The minimum atomic E-state index is -0.724. The second kappa shape index (κ2) is 12.8. The van der Waals surface area contributed by atoms with Gasteiger partial charge in [0.15, 0.2) is 11.5 Å². The number of rotatable bonds is 9. The maximum Gasteiger partial charge on any atom is 0.229 e. The molecule has 4 aromatic rings. The van der Waals surface area contributed by atoms with E-state index in [1.54, 1.807) is 18.0 Å². The van der Waals surface area contributed by atoms with Crippen LogP contribution in [-0.2, 0) is 7.05 Å². The smallest absolute Gasteiger partial charge is 0.229 e. The zero-order chi connectivity index (χ0) is 29.9. The molecule has 0 bridgehead atoms. The van der Waals surface area contributed by atoms with Gasteiger partial charge < -0.3 is 39.6 Å². The number of ether oxygens (including phenoxy) is 3. The fraction of sp³-hybridized carbons (Fsp3) is 0.345. The van der Waals surface area contributed by atoms with Crippen LogP contribution in [0.4, 0.5) is 28.8 Å². The summed E-state index contributed by atoms with van der Waals surface area (Å²) in [6.07, 6.45) is 5.59. The van der Waals surface area contributed by atoms with Crippen LogP contribution in [0.3, 0.4) is 0 Å². The van der Waals surface area contributed by atoms with Gasteiger partial charge in [0.2, 0.25) is 11.7 Å². The van der Waals surface area contributed by atoms with E-state index in [-0.39, 0.29) is 0 Å². The van der Waals surface area contributed by atoms with Crippen LogP contribution in [-0.4, -0.2) is 79.6 Å². The van der Waals surface area contributed by atoms with Gasteiger partial charge >= 0.3 is 0 Å². The number of hydrogen-bond donors (Lipinski definition) is 3. The van der Waals surface area contributed by atoms with Crippen LogP contribution in [0.15, 0.2) is 47.3 Å². The number of anilines is 5. The number of hydrogen-bond acceptors (Lipinski definition) is 11. The van der Waals surface area contributed by atoms with Crippen LogP contribution < -0.4 is 39.6 Å². The van der Waals surface area contributed by atoms with E-state index in [1.807, 2.05) is 44.9 Å². The Hall–Kier alpha value is -3.80. The lowest BCUT2D eigenvalue weighted by Crippen LogP contribution is -2.43. The first-order chi connectivity index (χ1) is 20.9. The molecule has 6 rings (SSSR count). The molecule has 2 aromatic heterocycles. The lowest BCUT2D eigenvalue weighted by Gasteiger charge is -2.31. The summed E-state index contributed by atoms with van der Waals surface area (Å²) in [5, 5.41) is 14.6. The summed E-state index contributed by atoms with van der Waals surface area (Å²) < 4.78 is 26.3. The lowest BCUT2D eigenvalue weighted by molar-refractivity contribution is 0.168. The van der Waals surface area contributed by atoms with E-state index in [4.69, 9.17) is 23.7 Å². The lowest BCUT2D eigenvalue weighted by atomic mass is 10.0. The van der Waals surface area contributed by atoms with Crippen molar-refractivity contribution in [1.29, 1.82) is 0 Å². The molecular formula is C29H34BrN8O4P. The van der Waals surface area contributed by atoms with E-state index in [0.29, 0.717) is 58.1 Å². The fourth-order valence-electron chi connectivity index (χ4n) is 5.02. The van der Waals surface area contributed by atoms with Crippen LogP contribution in [0.5, 0.6) is 23.0 Å². The van der Waals surface area contributed by atoms with Gasteiger partial charge in [0.05, 0.1) is 37.3 Å². The van der Waals surface area contributed by atoms with Crippen LogP contribution in [0.25, 0.3) is 11.1 Å². The number of nitrogens with zero attached hydrogens (tertiary/aromatic N) is 5. The maximum absolute atomic E-state index is 6.22. The molecule has 0 saturated carbocycles. The normalized spacial score (nSPS) is 14.5. The van der Waals surface area contributed by atoms with E-state index in [2.05, 4.69) is 59.0 Å². The molecule has 2 aliphatic heterocycles. The van der Waals surface area contributed by atoms with Gasteiger partial charge in [-0.3, -0.25) is 4.68 Å². The average Bonchev–Trinajstić information content (AvgIpc) is 3.46. The van der Waals surface area contributed by atoms with Crippen LogP contribution in [0.2, 0.25) is 0 Å². The van der Waals surface area contributed by atoms with Gasteiger partial charge in [-0.2, -0.15) is 10.1 Å². The molecule has 43 heavy (non-hydrogen) atoms. The van der Waals surface area contributed by atoms with Crippen molar-refractivity contribution in [2.45, 2.75) is 0 Å². The summed E-state index contributed by atoms with van der Waals surface area (Å²) in [5.74, 6) is 3.48. The SMILES string of the molecule is COc1cc(N2CCNCC2)c(-c2cnn(C)c2)cc1Nc1ncc(Br)c(Nc2ccc3c(c2OP(C)C)OCCO3)n1. The maximum atomic E-state index is 6.22. The molecule has 0 aliphatic carbocycles. The zero-order valence-electron chi connectivity index (χ0n) is 24.5. The predicted molar refractivity (Wildman–Crippen MR) is 173 cm³/mol. The summed E-state index contributed by atoms with van der Waals surface area (Å²) in [4.78, 5) is 11.7. The highest BCUT2D eigenvalue weighted by Crippen LogP contribution is 2.49. The van der Waals surface area contributed by atoms with Gasteiger partial charge in [0, 0.05) is 68.5 Å². The van der Waals surface area contributed by atoms with Gasteiger partial charge in [-0.25, -0.2) is 4.98 Å². The third-order valence-electron chi connectivity index (χ3n) is 6.97. The summed E-state index contributed by atoms with van der Waals surface area (Å²) >= 11 is 3.60. The van der Waals surface area contributed by atoms with Crippen LogP contribution in [0, 0.1) is 0 Å². The number of halogens is 1. The van der Waals surface area contributed by atoms with Crippen LogP contribution in [0.1, 0.15) is 0 Å². The first kappa shape index (κ1) is 29.3. The number of benzene rings is 2. The van der Waals surface area contributed by atoms with E-state index < -0.39 is 8.15 Å². The highest BCUT2D eigenvalue weighted by atomic mass is 79.9. The zero-order valence-corrected chi connectivity index (χ0v) is 27.0. The van der Waals surface area contributed by atoms with E-state index in [9.17, 15) is 0 Å². The number of methoxy groups -OCH3 is 1. The Labute approximate surface area is 260 Å². The van der Waals surface area contributed by atoms with Crippen molar-refractivity contribution in [3.63, 3.8) is 0 Å². The number of aryl methyl sites for hydroxylation is 1. The van der Waals surface area contributed by atoms with E-state index in [1.165, 1.54) is 0 Å². The quantitative estimate of drug-likeness (QED) is 0.200. The Morgan fingerprint density at radius 1 is 1.05 bits per heavy atom. The first-order valence-electron chi connectivity index (χ1n) is 13.9. The molecule has 0 atom stereocenters. The van der Waals surface area contributed by atoms with Crippen molar-refractivity contribution in [2.24, 2.45) is 7.05 Å². The third kappa shape index (κ3) is 6.43. The largest absolute Gasteiger partial charge is 0.494 e. The second-order valence-electron chi connectivity index (χ2n) is 10.2. The molecule has 0 spiro atoms. The molecule has 0 amide bonds. The molecule has 14 heteroatoms. The number of aromatic nitrogens is 4. The molecule has 3 N–H and O–H groups in total. The Bertz CT molecular complexity index is 1610. The second-order valence-corrected chi connectivity index (χ2v) is 12.9. The molecule has 0 unspecified atom stereocenters. The summed E-state index contributed by atoms with van der Waals surface area (Å²) in [6.45, 7) is 8.67.